The van der Waals surface area contributed by atoms with Gasteiger partial charge in [-0.25, -0.2) is 0 Å². The van der Waals surface area contributed by atoms with Gasteiger partial charge >= 0.3 is 11.1 Å². The number of carbonyl (C=O) groups is 1. The third-order valence-electron chi connectivity index (χ3n) is 4.10. The van der Waals surface area contributed by atoms with Crippen molar-refractivity contribution < 1.29 is 9.53 Å². The fourth-order valence-corrected chi connectivity index (χ4v) is 2.83. The minimum atomic E-state index is -0.784. The lowest BCUT2D eigenvalue weighted by molar-refractivity contribution is -0.116. The molecule has 0 aliphatic rings. The van der Waals surface area contributed by atoms with Crippen LogP contribution >= 0.6 is 0 Å². The summed E-state index contributed by atoms with van der Waals surface area (Å²) in [5, 5.41) is 2.72. The van der Waals surface area contributed by atoms with E-state index in [0.717, 1.165) is 10.1 Å². The van der Waals surface area contributed by atoms with E-state index in [4.69, 9.17) is 4.74 Å². The smallest absolute Gasteiger partial charge is 0.321 e. The number of aryl methyl sites for hydroxylation is 1. The highest BCUT2D eigenvalue weighted by Gasteiger charge is 2.12. The number of amides is 1. The van der Waals surface area contributed by atoms with Gasteiger partial charge in [0.15, 0.2) is 0 Å². The number of anilines is 1. The van der Waals surface area contributed by atoms with Crippen molar-refractivity contribution in [3.8, 4) is 11.4 Å². The van der Waals surface area contributed by atoms with Gasteiger partial charge in [-0.15, -0.1) is 0 Å². The standard InChI is InChI=1S/C21H21N3O4/c1-3-28-18-10-5-4-9-17(18)24-12-11-23(20(26)21(24)27)14-19(25)22-16-8-6-7-15(2)13-16/h4-13H,3,14H2,1-2H3,(H,22,25). The van der Waals surface area contributed by atoms with Crippen LogP contribution in [0.25, 0.3) is 5.69 Å². The Labute approximate surface area is 161 Å². The van der Waals surface area contributed by atoms with E-state index >= 15 is 0 Å². The van der Waals surface area contributed by atoms with E-state index in [2.05, 4.69) is 5.32 Å². The van der Waals surface area contributed by atoms with Crippen molar-refractivity contribution in [1.29, 1.82) is 0 Å². The number of para-hydroxylation sites is 2. The van der Waals surface area contributed by atoms with E-state index in [1.54, 1.807) is 30.3 Å². The largest absolute Gasteiger partial charge is 0.492 e. The molecular formula is C21H21N3O4. The van der Waals surface area contributed by atoms with Gasteiger partial charge < -0.3 is 10.1 Å². The Kier molecular flexibility index (Phi) is 5.74. The van der Waals surface area contributed by atoms with Crippen molar-refractivity contribution >= 4 is 11.6 Å². The lowest BCUT2D eigenvalue weighted by Crippen LogP contribution is -2.41. The van der Waals surface area contributed by atoms with Gasteiger partial charge in [-0.1, -0.05) is 24.3 Å². The summed E-state index contributed by atoms with van der Waals surface area (Å²) < 4.78 is 7.84. The molecule has 1 heterocycles. The lowest BCUT2D eigenvalue weighted by atomic mass is 10.2. The first-order valence-electron chi connectivity index (χ1n) is 8.90. The van der Waals surface area contributed by atoms with Crippen molar-refractivity contribution in [1.82, 2.24) is 9.13 Å². The summed E-state index contributed by atoms with van der Waals surface area (Å²) in [6.07, 6.45) is 2.88. The van der Waals surface area contributed by atoms with Gasteiger partial charge in [0.25, 0.3) is 0 Å². The van der Waals surface area contributed by atoms with Crippen LogP contribution in [0, 0.1) is 6.92 Å². The first-order valence-corrected chi connectivity index (χ1v) is 8.90. The number of aromatic nitrogens is 2. The third-order valence-corrected chi connectivity index (χ3v) is 4.10. The van der Waals surface area contributed by atoms with Crippen LogP contribution in [0.15, 0.2) is 70.5 Å². The van der Waals surface area contributed by atoms with Crippen molar-refractivity contribution in [3.63, 3.8) is 0 Å². The van der Waals surface area contributed by atoms with E-state index in [1.165, 1.54) is 17.0 Å². The van der Waals surface area contributed by atoms with Gasteiger partial charge in [0, 0.05) is 18.1 Å². The third kappa shape index (κ3) is 4.20. The predicted molar refractivity (Wildman–Crippen MR) is 107 cm³/mol. The zero-order valence-electron chi connectivity index (χ0n) is 15.7. The summed E-state index contributed by atoms with van der Waals surface area (Å²) in [5.41, 5.74) is 0.580. The normalized spacial score (nSPS) is 10.5. The Morgan fingerprint density at radius 3 is 2.57 bits per heavy atom. The molecule has 0 aliphatic carbocycles. The molecule has 3 aromatic rings. The highest BCUT2D eigenvalue weighted by atomic mass is 16.5. The fraction of sp³-hybridized carbons (Fsp3) is 0.190. The number of rotatable bonds is 6. The molecule has 144 valence electrons. The number of carbonyl (C=O) groups excluding carboxylic acids is 1. The van der Waals surface area contributed by atoms with Crippen LogP contribution in [0.3, 0.4) is 0 Å². The van der Waals surface area contributed by atoms with Crippen LogP contribution < -0.4 is 21.2 Å². The molecule has 7 heteroatoms. The molecule has 2 aromatic carbocycles. The first kappa shape index (κ1) is 19.2. The van der Waals surface area contributed by atoms with Crippen LogP contribution in [0.1, 0.15) is 12.5 Å². The van der Waals surface area contributed by atoms with Gasteiger partial charge in [-0.2, -0.15) is 0 Å². The molecule has 0 aliphatic heterocycles. The Hall–Kier alpha value is -3.61. The lowest BCUT2D eigenvalue weighted by Gasteiger charge is -2.13. The van der Waals surface area contributed by atoms with Crippen LogP contribution in [0.5, 0.6) is 5.75 Å². The van der Waals surface area contributed by atoms with Crippen LogP contribution in [-0.2, 0) is 11.3 Å². The Bertz CT molecular complexity index is 1110. The molecule has 0 fully saturated rings. The molecule has 0 radical (unpaired) electrons. The Balaban J connectivity index is 1.86. The SMILES string of the molecule is CCOc1ccccc1-n1ccn(CC(=O)Nc2cccc(C)c2)c(=O)c1=O. The summed E-state index contributed by atoms with van der Waals surface area (Å²) >= 11 is 0. The topological polar surface area (TPSA) is 82.3 Å². The van der Waals surface area contributed by atoms with Gasteiger partial charge in [0.2, 0.25) is 5.91 Å². The zero-order chi connectivity index (χ0) is 20.1. The fourth-order valence-electron chi connectivity index (χ4n) is 2.83. The molecule has 0 atom stereocenters. The number of ether oxygens (including phenoxy) is 1. The molecule has 0 unspecified atom stereocenters. The number of hydrogen-bond donors (Lipinski definition) is 1. The molecule has 0 spiro atoms. The van der Waals surface area contributed by atoms with Gasteiger partial charge in [-0.05, 0) is 43.7 Å². The highest BCUT2D eigenvalue weighted by Crippen LogP contribution is 2.20. The maximum Gasteiger partial charge on any atom is 0.321 e. The van der Waals surface area contributed by atoms with Gasteiger partial charge in [0.1, 0.15) is 12.3 Å². The summed E-state index contributed by atoms with van der Waals surface area (Å²) in [4.78, 5) is 37.3. The minimum absolute atomic E-state index is 0.254. The second-order valence-corrected chi connectivity index (χ2v) is 6.22. The Morgan fingerprint density at radius 1 is 1.04 bits per heavy atom. The van der Waals surface area contributed by atoms with Crippen LogP contribution in [-0.4, -0.2) is 21.6 Å². The van der Waals surface area contributed by atoms with Crippen LogP contribution in [0.2, 0.25) is 0 Å². The second-order valence-electron chi connectivity index (χ2n) is 6.22. The molecule has 1 aromatic heterocycles. The van der Waals surface area contributed by atoms with E-state index < -0.39 is 11.1 Å². The summed E-state index contributed by atoms with van der Waals surface area (Å²) in [7, 11) is 0. The summed E-state index contributed by atoms with van der Waals surface area (Å²) in [6.45, 7) is 3.93. The van der Waals surface area contributed by atoms with Crippen molar-refractivity contribution in [3.05, 3.63) is 87.2 Å². The molecule has 0 bridgehead atoms. The van der Waals surface area contributed by atoms with Crippen molar-refractivity contribution in [2.75, 3.05) is 11.9 Å². The number of benzene rings is 2. The van der Waals surface area contributed by atoms with E-state index in [-0.39, 0.29) is 12.5 Å². The average molecular weight is 379 g/mol. The number of nitrogens with zero attached hydrogens (tertiary/aromatic N) is 2. The number of nitrogens with one attached hydrogen (secondary N) is 1. The molecule has 1 amide bonds. The van der Waals surface area contributed by atoms with Crippen LogP contribution in [0.4, 0.5) is 5.69 Å². The van der Waals surface area contributed by atoms with Crippen molar-refractivity contribution in [2.45, 2.75) is 20.4 Å². The predicted octanol–water partition coefficient (Wildman–Crippen LogP) is 2.35. The first-order chi connectivity index (χ1) is 13.5. The maximum absolute atomic E-state index is 12.6. The molecule has 0 saturated heterocycles. The zero-order valence-corrected chi connectivity index (χ0v) is 15.7. The molecule has 3 rings (SSSR count). The van der Waals surface area contributed by atoms with Gasteiger partial charge in [0.05, 0.1) is 12.3 Å². The van der Waals surface area contributed by atoms with Crippen molar-refractivity contribution in [2.24, 2.45) is 0 Å². The van der Waals surface area contributed by atoms with E-state index in [0.29, 0.717) is 23.7 Å². The van der Waals surface area contributed by atoms with Gasteiger partial charge in [-0.3, -0.25) is 23.5 Å². The molecular weight excluding hydrogens is 358 g/mol. The number of hydrogen-bond acceptors (Lipinski definition) is 4. The quantitative estimate of drug-likeness (QED) is 0.667. The van der Waals surface area contributed by atoms with E-state index in [9.17, 15) is 14.4 Å². The summed E-state index contributed by atoms with van der Waals surface area (Å²) in [6, 6.07) is 14.3. The van der Waals surface area contributed by atoms with E-state index in [1.807, 2.05) is 32.0 Å². The molecule has 0 saturated carbocycles. The Morgan fingerprint density at radius 2 is 1.82 bits per heavy atom. The second kappa shape index (κ2) is 8.39. The molecule has 28 heavy (non-hydrogen) atoms. The maximum atomic E-state index is 12.6. The average Bonchev–Trinajstić information content (AvgIpc) is 2.67. The minimum Gasteiger partial charge on any atom is -0.492 e. The molecule has 7 nitrogen and oxygen atoms in total. The highest BCUT2D eigenvalue weighted by molar-refractivity contribution is 5.90. The molecule has 1 N–H and O–H groups in total. The summed E-state index contributed by atoms with van der Waals surface area (Å²) in [5.74, 6) is 0.112. The monoisotopic (exact) mass is 379 g/mol.